The van der Waals surface area contributed by atoms with Crippen LogP contribution in [0.15, 0.2) is 66.9 Å². The molecule has 41 heavy (non-hydrogen) atoms. The van der Waals surface area contributed by atoms with Gasteiger partial charge < -0.3 is 19.7 Å². The quantitative estimate of drug-likeness (QED) is 0.281. The van der Waals surface area contributed by atoms with Gasteiger partial charge in [-0.3, -0.25) is 9.78 Å². The molecule has 0 bridgehead atoms. The number of carbonyl (C=O) groups excluding carboxylic acids is 2. The second-order valence-electron chi connectivity index (χ2n) is 9.47. The van der Waals surface area contributed by atoms with Crippen LogP contribution in [0.5, 0.6) is 11.6 Å². The summed E-state index contributed by atoms with van der Waals surface area (Å²) < 4.78 is 12.7. The lowest BCUT2D eigenvalue weighted by Gasteiger charge is -2.29. The van der Waals surface area contributed by atoms with Crippen LogP contribution >= 0.6 is 23.2 Å². The van der Waals surface area contributed by atoms with Crippen LogP contribution in [0.1, 0.15) is 42.4 Å². The van der Waals surface area contributed by atoms with Crippen LogP contribution in [-0.2, 0) is 11.3 Å². The number of aromatic nitrogens is 3. The molecule has 5 rings (SSSR count). The number of rotatable bonds is 6. The second kappa shape index (κ2) is 12.0. The van der Waals surface area contributed by atoms with Crippen molar-refractivity contribution in [3.8, 4) is 17.3 Å². The zero-order valence-electron chi connectivity index (χ0n) is 22.6. The number of carbonyl (C=O) groups is 2. The molecule has 0 spiro atoms. The summed E-state index contributed by atoms with van der Waals surface area (Å²) in [6.45, 7) is 3.80. The molecule has 0 saturated heterocycles. The lowest BCUT2D eigenvalue weighted by Crippen LogP contribution is -2.34. The summed E-state index contributed by atoms with van der Waals surface area (Å²) in [4.78, 5) is 31.6. The number of hydrogen-bond donors (Lipinski definition) is 1. The first kappa shape index (κ1) is 28.2. The molecule has 11 heteroatoms. The maximum Gasteiger partial charge on any atom is 0.414 e. The van der Waals surface area contributed by atoms with Gasteiger partial charge in [-0.25, -0.2) is 9.48 Å². The van der Waals surface area contributed by atoms with Crippen LogP contribution in [-0.4, -0.2) is 45.3 Å². The predicted molar refractivity (Wildman–Crippen MR) is 157 cm³/mol. The molecule has 1 atom stereocenters. The molecular weight excluding hydrogens is 565 g/mol. The van der Waals surface area contributed by atoms with Crippen molar-refractivity contribution in [2.45, 2.75) is 26.4 Å². The molecule has 3 heterocycles. The summed E-state index contributed by atoms with van der Waals surface area (Å²) in [5.41, 5.74) is 4.12. The van der Waals surface area contributed by atoms with E-state index in [9.17, 15) is 9.59 Å². The van der Waals surface area contributed by atoms with E-state index in [1.165, 1.54) is 6.92 Å². The lowest BCUT2D eigenvalue weighted by atomic mass is 9.99. The molecule has 0 aliphatic carbocycles. The standard InChI is InChI=1S/C30H27Cl2N5O4/c1-18(26-6-4-5-13-33-26)34-30(39)41-29-24-17-36(19(2)38)16-21(14-20-7-10-23(40-3)11-8-20)28(24)37(35-29)27-12-9-22(31)15-25(27)32/h4-15,18H,16-17H2,1-3H3,(H,34,39)/b21-14+. The fourth-order valence-corrected chi connectivity index (χ4v) is 5.07. The van der Waals surface area contributed by atoms with E-state index >= 15 is 0 Å². The maximum atomic E-state index is 13.0. The first-order valence-electron chi connectivity index (χ1n) is 12.8. The molecule has 1 N–H and O–H groups in total. The van der Waals surface area contributed by atoms with Gasteiger partial charge in [0, 0.05) is 24.7 Å². The normalized spacial score (nSPS) is 14.4. The van der Waals surface area contributed by atoms with Crippen molar-refractivity contribution in [2.24, 2.45) is 0 Å². The number of fused-ring (bicyclic) bond motifs is 1. The van der Waals surface area contributed by atoms with Crippen LogP contribution in [0.3, 0.4) is 0 Å². The first-order chi connectivity index (χ1) is 19.7. The Balaban J connectivity index is 1.60. The minimum Gasteiger partial charge on any atom is -0.497 e. The molecule has 1 aliphatic heterocycles. The van der Waals surface area contributed by atoms with Crippen LogP contribution in [0.25, 0.3) is 17.3 Å². The molecule has 4 aromatic rings. The van der Waals surface area contributed by atoms with Gasteiger partial charge in [0.2, 0.25) is 11.8 Å². The summed E-state index contributed by atoms with van der Waals surface area (Å²) >= 11 is 12.8. The van der Waals surface area contributed by atoms with Gasteiger partial charge in [-0.05, 0) is 66.6 Å². The largest absolute Gasteiger partial charge is 0.497 e. The molecule has 0 saturated carbocycles. The van der Waals surface area contributed by atoms with Gasteiger partial charge in [0.05, 0.1) is 47.4 Å². The van der Waals surface area contributed by atoms with E-state index in [0.717, 1.165) is 16.9 Å². The first-order valence-corrected chi connectivity index (χ1v) is 13.6. The lowest BCUT2D eigenvalue weighted by molar-refractivity contribution is -0.128. The molecule has 210 valence electrons. The van der Waals surface area contributed by atoms with Crippen molar-refractivity contribution >= 4 is 46.9 Å². The average Bonchev–Trinajstić information content (AvgIpc) is 3.31. The topological polar surface area (TPSA) is 98.6 Å². The molecule has 2 amide bonds. The third-order valence-electron chi connectivity index (χ3n) is 6.66. The molecule has 1 aliphatic rings. The highest BCUT2D eigenvalue weighted by atomic mass is 35.5. The molecular formula is C30H27Cl2N5O4. The van der Waals surface area contributed by atoms with Crippen molar-refractivity contribution in [1.29, 1.82) is 0 Å². The number of amides is 2. The smallest absolute Gasteiger partial charge is 0.414 e. The van der Waals surface area contributed by atoms with E-state index in [1.54, 1.807) is 54.1 Å². The van der Waals surface area contributed by atoms with Gasteiger partial charge in [-0.1, -0.05) is 41.4 Å². The number of pyridine rings is 1. The Kier molecular flexibility index (Phi) is 8.28. The van der Waals surface area contributed by atoms with E-state index in [-0.39, 0.29) is 18.3 Å². The third kappa shape index (κ3) is 6.21. The van der Waals surface area contributed by atoms with Crippen molar-refractivity contribution in [1.82, 2.24) is 25.0 Å². The Morgan fingerprint density at radius 1 is 1.07 bits per heavy atom. The zero-order chi connectivity index (χ0) is 29.1. The Labute approximate surface area is 247 Å². The molecule has 1 unspecified atom stereocenters. The van der Waals surface area contributed by atoms with Crippen molar-refractivity contribution in [3.63, 3.8) is 0 Å². The number of hydrogen-bond acceptors (Lipinski definition) is 6. The fraction of sp³-hybridized carbons (Fsp3) is 0.200. The molecule has 2 aromatic heterocycles. The van der Waals surface area contributed by atoms with Crippen LogP contribution < -0.4 is 14.8 Å². The second-order valence-corrected chi connectivity index (χ2v) is 10.3. The van der Waals surface area contributed by atoms with Crippen LogP contribution in [0, 0.1) is 0 Å². The molecule has 9 nitrogen and oxygen atoms in total. The number of benzene rings is 2. The van der Waals surface area contributed by atoms with Crippen molar-refractivity contribution in [2.75, 3.05) is 13.7 Å². The van der Waals surface area contributed by atoms with E-state index in [4.69, 9.17) is 32.7 Å². The summed E-state index contributed by atoms with van der Waals surface area (Å²) in [6, 6.07) is 17.6. The number of nitrogens with one attached hydrogen (secondary N) is 1. The predicted octanol–water partition coefficient (Wildman–Crippen LogP) is 6.34. The molecule has 2 aromatic carbocycles. The van der Waals surface area contributed by atoms with Gasteiger partial charge in [0.15, 0.2) is 0 Å². The molecule has 0 fully saturated rings. The highest BCUT2D eigenvalue weighted by Gasteiger charge is 2.33. The van der Waals surface area contributed by atoms with Gasteiger partial charge >= 0.3 is 6.09 Å². The number of methoxy groups -OCH3 is 1. The fourth-order valence-electron chi connectivity index (χ4n) is 4.58. The Morgan fingerprint density at radius 2 is 1.85 bits per heavy atom. The highest BCUT2D eigenvalue weighted by molar-refractivity contribution is 6.35. The monoisotopic (exact) mass is 591 g/mol. The van der Waals surface area contributed by atoms with Gasteiger partial charge in [0.25, 0.3) is 0 Å². The minimum absolute atomic E-state index is 0.0586. The molecule has 0 radical (unpaired) electrons. The summed E-state index contributed by atoms with van der Waals surface area (Å²) in [7, 11) is 1.61. The number of ether oxygens (including phenoxy) is 2. The third-order valence-corrected chi connectivity index (χ3v) is 7.19. The summed E-state index contributed by atoms with van der Waals surface area (Å²) in [5, 5.41) is 8.30. The van der Waals surface area contributed by atoms with Crippen molar-refractivity contribution < 1.29 is 19.1 Å². The van der Waals surface area contributed by atoms with E-state index in [0.29, 0.717) is 39.2 Å². The maximum absolute atomic E-state index is 13.0. The van der Waals surface area contributed by atoms with Gasteiger partial charge in [-0.15, -0.1) is 5.10 Å². The van der Waals surface area contributed by atoms with E-state index in [1.807, 2.05) is 42.5 Å². The van der Waals surface area contributed by atoms with Crippen molar-refractivity contribution in [3.05, 3.63) is 99.4 Å². The number of halogens is 2. The number of nitrogens with zero attached hydrogens (tertiary/aromatic N) is 4. The van der Waals surface area contributed by atoms with Gasteiger partial charge in [0.1, 0.15) is 5.75 Å². The SMILES string of the molecule is COc1ccc(/C=C2\CN(C(C)=O)Cc3c(OC(=O)NC(C)c4ccccn4)nn(-c4ccc(Cl)cc4Cl)c32)cc1. The van der Waals surface area contributed by atoms with E-state index in [2.05, 4.69) is 15.4 Å². The highest BCUT2D eigenvalue weighted by Crippen LogP contribution is 2.38. The summed E-state index contributed by atoms with van der Waals surface area (Å²) in [5.74, 6) is 0.650. The zero-order valence-corrected chi connectivity index (χ0v) is 24.1. The van der Waals surface area contributed by atoms with Crippen LogP contribution in [0.2, 0.25) is 10.0 Å². The average molecular weight is 592 g/mol. The van der Waals surface area contributed by atoms with Gasteiger partial charge in [-0.2, -0.15) is 0 Å². The Bertz CT molecular complexity index is 1620. The Hall–Kier alpha value is -4.34. The van der Waals surface area contributed by atoms with Crippen LogP contribution in [0.4, 0.5) is 4.79 Å². The van der Waals surface area contributed by atoms with E-state index < -0.39 is 12.1 Å². The minimum atomic E-state index is -0.710. The Morgan fingerprint density at radius 3 is 2.51 bits per heavy atom. The summed E-state index contributed by atoms with van der Waals surface area (Å²) in [6.07, 6.45) is 2.90.